The smallest absolute Gasteiger partial charge is 0.323 e. The second-order valence-electron chi connectivity index (χ2n) is 5.28. The van der Waals surface area contributed by atoms with Crippen LogP contribution in [0, 0.1) is 0 Å². The van der Waals surface area contributed by atoms with Gasteiger partial charge < -0.3 is 15.7 Å². The molecule has 0 aliphatic rings. The number of aromatic hydroxyl groups is 1. The average molecular weight is 373 g/mol. The van der Waals surface area contributed by atoms with Crippen molar-refractivity contribution < 1.29 is 9.90 Å². The Bertz CT molecular complexity index is 891. The molecule has 3 rings (SSSR count). The molecule has 0 fully saturated rings. The third-order valence-corrected chi connectivity index (χ3v) is 4.11. The average Bonchev–Trinajstić information content (AvgIpc) is 2.61. The van der Waals surface area contributed by atoms with Crippen molar-refractivity contribution in [1.29, 1.82) is 0 Å². The molecule has 0 aliphatic carbocycles. The van der Waals surface area contributed by atoms with Gasteiger partial charge in [0, 0.05) is 11.3 Å². The Kier molecular flexibility index (Phi) is 5.12. The second-order valence-corrected chi connectivity index (χ2v) is 6.09. The summed E-state index contributed by atoms with van der Waals surface area (Å²) < 4.78 is 0. The molecule has 3 aromatic rings. The van der Waals surface area contributed by atoms with Crippen LogP contribution >= 0.6 is 23.2 Å². The van der Waals surface area contributed by atoms with Crippen molar-refractivity contribution >= 4 is 40.6 Å². The third kappa shape index (κ3) is 4.05. The number of hydrogen-bond acceptors (Lipinski definition) is 2. The third-order valence-electron chi connectivity index (χ3n) is 3.53. The van der Waals surface area contributed by atoms with Gasteiger partial charge >= 0.3 is 6.03 Å². The molecule has 2 amide bonds. The minimum absolute atomic E-state index is 0.0625. The number of hydrogen-bond donors (Lipinski definition) is 3. The van der Waals surface area contributed by atoms with Crippen molar-refractivity contribution in [3.8, 4) is 16.9 Å². The molecule has 25 heavy (non-hydrogen) atoms. The SMILES string of the molecule is O=C(Nc1cc(Cl)c(O)c(Cl)c1)Nc1ccccc1-c1ccccc1. The van der Waals surface area contributed by atoms with Gasteiger partial charge in [-0.05, 0) is 23.8 Å². The first kappa shape index (κ1) is 17.1. The number of rotatable bonds is 3. The molecular formula is C19H14Cl2N2O2. The number of carbonyl (C=O) groups excluding carboxylic acids is 1. The predicted octanol–water partition coefficient (Wildman–Crippen LogP) is 6.01. The number of anilines is 2. The minimum atomic E-state index is -0.443. The maximum absolute atomic E-state index is 12.3. The van der Waals surface area contributed by atoms with Gasteiger partial charge in [-0.1, -0.05) is 71.7 Å². The number of nitrogens with one attached hydrogen (secondary N) is 2. The van der Waals surface area contributed by atoms with E-state index in [2.05, 4.69) is 10.6 Å². The monoisotopic (exact) mass is 372 g/mol. The van der Waals surface area contributed by atoms with Crippen LogP contribution in [0.4, 0.5) is 16.2 Å². The maximum Gasteiger partial charge on any atom is 0.323 e. The highest BCUT2D eigenvalue weighted by atomic mass is 35.5. The summed E-state index contributed by atoms with van der Waals surface area (Å²) in [6.07, 6.45) is 0. The van der Waals surface area contributed by atoms with Crippen molar-refractivity contribution in [2.45, 2.75) is 0 Å². The Hall–Kier alpha value is -2.69. The zero-order chi connectivity index (χ0) is 17.8. The van der Waals surface area contributed by atoms with Crippen molar-refractivity contribution in [3.05, 3.63) is 76.8 Å². The Morgan fingerprint density at radius 3 is 2.12 bits per heavy atom. The Morgan fingerprint density at radius 1 is 0.840 bits per heavy atom. The van der Waals surface area contributed by atoms with Crippen LogP contribution in [0.5, 0.6) is 5.75 Å². The summed E-state index contributed by atoms with van der Waals surface area (Å²) >= 11 is 11.7. The fourth-order valence-electron chi connectivity index (χ4n) is 2.38. The fraction of sp³-hybridized carbons (Fsp3) is 0. The zero-order valence-electron chi connectivity index (χ0n) is 13.0. The van der Waals surface area contributed by atoms with Gasteiger partial charge in [-0.25, -0.2) is 4.79 Å². The van der Waals surface area contributed by atoms with Gasteiger partial charge in [-0.15, -0.1) is 0 Å². The van der Waals surface area contributed by atoms with Crippen LogP contribution in [0.2, 0.25) is 10.0 Å². The van der Waals surface area contributed by atoms with Crippen LogP contribution in [0.3, 0.4) is 0 Å². The lowest BCUT2D eigenvalue weighted by Gasteiger charge is -2.13. The van der Waals surface area contributed by atoms with Crippen LogP contribution in [-0.2, 0) is 0 Å². The van der Waals surface area contributed by atoms with Gasteiger partial charge in [-0.2, -0.15) is 0 Å². The van der Waals surface area contributed by atoms with Gasteiger partial charge in [0.1, 0.15) is 0 Å². The highest BCUT2D eigenvalue weighted by Gasteiger charge is 2.11. The molecule has 0 aliphatic heterocycles. The van der Waals surface area contributed by atoms with Crippen molar-refractivity contribution in [1.82, 2.24) is 0 Å². The van der Waals surface area contributed by atoms with E-state index < -0.39 is 6.03 Å². The van der Waals surface area contributed by atoms with E-state index in [1.54, 1.807) is 0 Å². The molecular weight excluding hydrogens is 359 g/mol. The molecule has 0 unspecified atom stereocenters. The Morgan fingerprint density at radius 2 is 1.44 bits per heavy atom. The fourth-order valence-corrected chi connectivity index (χ4v) is 2.87. The number of amides is 2. The van der Waals surface area contributed by atoms with Crippen LogP contribution in [-0.4, -0.2) is 11.1 Å². The molecule has 4 nitrogen and oxygen atoms in total. The van der Waals surface area contributed by atoms with E-state index in [4.69, 9.17) is 23.2 Å². The molecule has 0 bridgehead atoms. The highest BCUT2D eigenvalue weighted by molar-refractivity contribution is 6.37. The summed E-state index contributed by atoms with van der Waals surface area (Å²) in [7, 11) is 0. The topological polar surface area (TPSA) is 61.4 Å². The number of urea groups is 1. The quantitative estimate of drug-likeness (QED) is 0.493. The maximum atomic E-state index is 12.3. The number of carbonyl (C=O) groups is 1. The van der Waals surface area contributed by atoms with Crippen LogP contribution in [0.1, 0.15) is 0 Å². The first-order valence-electron chi connectivity index (χ1n) is 7.45. The number of para-hydroxylation sites is 1. The normalized spacial score (nSPS) is 10.3. The van der Waals surface area contributed by atoms with Crippen LogP contribution in [0.15, 0.2) is 66.7 Å². The van der Waals surface area contributed by atoms with Crippen LogP contribution in [0.25, 0.3) is 11.1 Å². The molecule has 126 valence electrons. The largest absolute Gasteiger partial charge is 0.505 e. The minimum Gasteiger partial charge on any atom is -0.505 e. The van der Waals surface area contributed by atoms with E-state index in [0.717, 1.165) is 11.1 Å². The molecule has 0 heterocycles. The Balaban J connectivity index is 1.81. The second kappa shape index (κ2) is 7.47. The van der Waals surface area contributed by atoms with E-state index in [1.807, 2.05) is 54.6 Å². The molecule has 6 heteroatoms. The molecule has 0 spiro atoms. The molecule has 0 radical (unpaired) electrons. The van der Waals surface area contributed by atoms with Gasteiger partial charge in [0.15, 0.2) is 5.75 Å². The first-order valence-corrected chi connectivity index (χ1v) is 8.20. The molecule has 0 aromatic heterocycles. The number of halogens is 2. The lowest BCUT2D eigenvalue weighted by molar-refractivity contribution is 0.262. The van der Waals surface area contributed by atoms with Crippen molar-refractivity contribution in [2.75, 3.05) is 10.6 Å². The lowest BCUT2D eigenvalue weighted by Crippen LogP contribution is -2.19. The number of benzene rings is 3. The van der Waals surface area contributed by atoms with E-state index in [-0.39, 0.29) is 15.8 Å². The molecule has 3 N–H and O–H groups in total. The summed E-state index contributed by atoms with van der Waals surface area (Å²) in [6.45, 7) is 0. The summed E-state index contributed by atoms with van der Waals surface area (Å²) in [6, 6.07) is 19.6. The van der Waals surface area contributed by atoms with Crippen molar-refractivity contribution in [3.63, 3.8) is 0 Å². The van der Waals surface area contributed by atoms with E-state index in [0.29, 0.717) is 11.4 Å². The van der Waals surface area contributed by atoms with E-state index in [1.165, 1.54) is 12.1 Å². The van der Waals surface area contributed by atoms with Gasteiger partial charge in [0.05, 0.1) is 15.7 Å². The molecule has 3 aromatic carbocycles. The predicted molar refractivity (Wildman–Crippen MR) is 103 cm³/mol. The Labute approximate surface area is 155 Å². The summed E-state index contributed by atoms with van der Waals surface area (Å²) in [5.41, 5.74) is 2.94. The highest BCUT2D eigenvalue weighted by Crippen LogP contribution is 2.34. The van der Waals surface area contributed by atoms with Gasteiger partial charge in [0.2, 0.25) is 0 Å². The van der Waals surface area contributed by atoms with E-state index >= 15 is 0 Å². The summed E-state index contributed by atoms with van der Waals surface area (Å²) in [5.74, 6) is -0.219. The zero-order valence-corrected chi connectivity index (χ0v) is 14.5. The standard InChI is InChI=1S/C19H14Cl2N2O2/c20-15-10-13(11-16(21)18(15)24)22-19(25)23-17-9-5-4-8-14(17)12-6-2-1-3-7-12/h1-11,24H,(H2,22,23,25). The summed E-state index contributed by atoms with van der Waals surface area (Å²) in [4.78, 5) is 12.3. The summed E-state index contributed by atoms with van der Waals surface area (Å²) in [5, 5.41) is 15.2. The van der Waals surface area contributed by atoms with Gasteiger partial charge in [0.25, 0.3) is 0 Å². The molecule has 0 saturated carbocycles. The van der Waals surface area contributed by atoms with E-state index in [9.17, 15) is 9.90 Å². The van der Waals surface area contributed by atoms with Gasteiger partial charge in [-0.3, -0.25) is 0 Å². The van der Waals surface area contributed by atoms with Crippen molar-refractivity contribution in [2.24, 2.45) is 0 Å². The number of phenols is 1. The van der Waals surface area contributed by atoms with Crippen LogP contribution < -0.4 is 10.6 Å². The number of phenolic OH excluding ortho intramolecular Hbond substituents is 1. The first-order chi connectivity index (χ1) is 12.0. The lowest BCUT2D eigenvalue weighted by atomic mass is 10.0. The molecule has 0 atom stereocenters. The molecule has 0 saturated heterocycles.